The molecule has 1 saturated heterocycles. The van der Waals surface area contributed by atoms with Gasteiger partial charge in [0.25, 0.3) is 0 Å². The summed E-state index contributed by atoms with van der Waals surface area (Å²) in [4.78, 5) is 0. The van der Waals surface area contributed by atoms with Crippen molar-refractivity contribution in [1.29, 1.82) is 0 Å². The smallest absolute Gasteiger partial charge is 0.0673 e. The zero-order valence-corrected chi connectivity index (χ0v) is 11.5. The predicted octanol–water partition coefficient (Wildman–Crippen LogP) is 2.81. The Morgan fingerprint density at radius 1 is 1.44 bits per heavy atom. The second kappa shape index (κ2) is 4.39. The Hall–Kier alpha value is -0.800. The second-order valence-corrected chi connectivity index (χ2v) is 6.65. The normalized spacial score (nSPS) is 31.1. The van der Waals surface area contributed by atoms with Crippen LogP contribution in [0.2, 0.25) is 0 Å². The third kappa shape index (κ3) is 2.10. The summed E-state index contributed by atoms with van der Waals surface area (Å²) in [6.45, 7) is 6.43. The summed E-state index contributed by atoms with van der Waals surface area (Å²) in [5.74, 6) is 0. The minimum absolute atomic E-state index is 0.203. The van der Waals surface area contributed by atoms with E-state index < -0.39 is 0 Å². The van der Waals surface area contributed by atoms with E-state index in [0.29, 0.717) is 11.5 Å². The summed E-state index contributed by atoms with van der Waals surface area (Å²) in [7, 11) is 0. The maximum Gasteiger partial charge on any atom is 0.0673 e. The molecular formula is C15H24N2O. The van der Waals surface area contributed by atoms with Gasteiger partial charge in [0.2, 0.25) is 0 Å². The van der Waals surface area contributed by atoms with Gasteiger partial charge in [-0.15, -0.1) is 0 Å². The van der Waals surface area contributed by atoms with Gasteiger partial charge in [-0.1, -0.05) is 13.8 Å². The predicted molar refractivity (Wildman–Crippen MR) is 72.6 cm³/mol. The fourth-order valence-corrected chi connectivity index (χ4v) is 3.54. The number of nitrogens with two attached hydrogens (primary N) is 1. The molecule has 0 aromatic carbocycles. The van der Waals surface area contributed by atoms with E-state index in [4.69, 9.17) is 10.5 Å². The van der Waals surface area contributed by atoms with E-state index in [9.17, 15) is 0 Å². The van der Waals surface area contributed by atoms with E-state index in [1.807, 2.05) is 0 Å². The van der Waals surface area contributed by atoms with Crippen molar-refractivity contribution in [2.45, 2.75) is 51.6 Å². The molecule has 1 aromatic heterocycles. The molecule has 2 heterocycles. The first kappa shape index (κ1) is 12.2. The number of rotatable bonds is 1. The van der Waals surface area contributed by atoms with Crippen LogP contribution >= 0.6 is 0 Å². The van der Waals surface area contributed by atoms with E-state index in [-0.39, 0.29) is 6.04 Å². The molecule has 2 unspecified atom stereocenters. The molecule has 0 saturated carbocycles. The summed E-state index contributed by atoms with van der Waals surface area (Å²) in [6, 6.07) is 2.95. The standard InChI is InChI=1S/C15H24N2O/c1-15(2)8-13(16)12-5-6-17(14(12)9-15)11-4-3-7-18-10-11/h5-6,11,13H,3-4,7-10,16H2,1-2H3. The van der Waals surface area contributed by atoms with Crippen molar-refractivity contribution in [2.75, 3.05) is 13.2 Å². The number of aromatic nitrogens is 1. The molecule has 3 heteroatoms. The van der Waals surface area contributed by atoms with Gasteiger partial charge in [0, 0.05) is 24.5 Å². The minimum atomic E-state index is 0.203. The lowest BCUT2D eigenvalue weighted by Crippen LogP contribution is -2.32. The maximum absolute atomic E-state index is 6.32. The monoisotopic (exact) mass is 248 g/mol. The summed E-state index contributed by atoms with van der Waals surface area (Å²) in [5, 5.41) is 0. The molecule has 0 radical (unpaired) electrons. The van der Waals surface area contributed by atoms with Crippen LogP contribution in [-0.4, -0.2) is 17.8 Å². The van der Waals surface area contributed by atoms with E-state index >= 15 is 0 Å². The van der Waals surface area contributed by atoms with Crippen LogP contribution in [0.5, 0.6) is 0 Å². The third-order valence-electron chi connectivity index (χ3n) is 4.41. The molecule has 1 fully saturated rings. The van der Waals surface area contributed by atoms with E-state index in [2.05, 4.69) is 30.7 Å². The molecule has 0 amide bonds. The van der Waals surface area contributed by atoms with Gasteiger partial charge in [-0.2, -0.15) is 0 Å². The first-order valence-corrected chi connectivity index (χ1v) is 7.10. The van der Waals surface area contributed by atoms with Gasteiger partial charge in [0.1, 0.15) is 0 Å². The molecule has 100 valence electrons. The molecule has 2 aliphatic rings. The highest BCUT2D eigenvalue weighted by atomic mass is 16.5. The number of hydrogen-bond donors (Lipinski definition) is 1. The van der Waals surface area contributed by atoms with Crippen molar-refractivity contribution >= 4 is 0 Å². The van der Waals surface area contributed by atoms with Gasteiger partial charge in [-0.3, -0.25) is 0 Å². The first-order chi connectivity index (χ1) is 8.57. The van der Waals surface area contributed by atoms with Gasteiger partial charge < -0.3 is 15.0 Å². The molecular weight excluding hydrogens is 224 g/mol. The molecule has 3 nitrogen and oxygen atoms in total. The molecule has 1 aliphatic heterocycles. The Balaban J connectivity index is 1.93. The highest BCUT2D eigenvalue weighted by molar-refractivity contribution is 5.30. The molecule has 1 aromatic rings. The zero-order chi connectivity index (χ0) is 12.8. The van der Waals surface area contributed by atoms with Crippen LogP contribution < -0.4 is 5.73 Å². The number of nitrogens with zero attached hydrogens (tertiary/aromatic N) is 1. The largest absolute Gasteiger partial charge is 0.379 e. The van der Waals surface area contributed by atoms with Crippen molar-refractivity contribution < 1.29 is 4.74 Å². The molecule has 0 spiro atoms. The molecule has 18 heavy (non-hydrogen) atoms. The third-order valence-corrected chi connectivity index (χ3v) is 4.41. The zero-order valence-electron chi connectivity index (χ0n) is 11.5. The summed E-state index contributed by atoms with van der Waals surface area (Å²) < 4.78 is 8.06. The molecule has 2 atom stereocenters. The van der Waals surface area contributed by atoms with Gasteiger partial charge in [-0.05, 0) is 42.7 Å². The quantitative estimate of drug-likeness (QED) is 0.830. The summed E-state index contributed by atoms with van der Waals surface area (Å²) >= 11 is 0. The fraction of sp³-hybridized carbons (Fsp3) is 0.733. The van der Waals surface area contributed by atoms with Crippen LogP contribution in [0.15, 0.2) is 12.3 Å². The molecule has 1 aliphatic carbocycles. The van der Waals surface area contributed by atoms with Crippen LogP contribution in [0.25, 0.3) is 0 Å². The lowest BCUT2D eigenvalue weighted by Gasteiger charge is -2.36. The van der Waals surface area contributed by atoms with Crippen LogP contribution in [0.4, 0.5) is 0 Å². The van der Waals surface area contributed by atoms with E-state index in [1.165, 1.54) is 24.1 Å². The van der Waals surface area contributed by atoms with Crippen LogP contribution in [0.3, 0.4) is 0 Å². The fourth-order valence-electron chi connectivity index (χ4n) is 3.54. The molecule has 3 rings (SSSR count). The lowest BCUT2D eigenvalue weighted by molar-refractivity contribution is 0.0575. The Morgan fingerprint density at radius 2 is 2.28 bits per heavy atom. The highest BCUT2D eigenvalue weighted by Crippen LogP contribution is 2.41. The van der Waals surface area contributed by atoms with Crippen molar-refractivity contribution in [2.24, 2.45) is 11.1 Å². The van der Waals surface area contributed by atoms with E-state index in [1.54, 1.807) is 0 Å². The van der Waals surface area contributed by atoms with Crippen molar-refractivity contribution in [3.8, 4) is 0 Å². The van der Waals surface area contributed by atoms with Crippen LogP contribution in [0, 0.1) is 5.41 Å². The van der Waals surface area contributed by atoms with Crippen LogP contribution in [-0.2, 0) is 11.2 Å². The molecule has 0 bridgehead atoms. The van der Waals surface area contributed by atoms with Crippen molar-refractivity contribution in [1.82, 2.24) is 4.57 Å². The van der Waals surface area contributed by atoms with Crippen molar-refractivity contribution in [3.63, 3.8) is 0 Å². The van der Waals surface area contributed by atoms with Gasteiger partial charge in [0.15, 0.2) is 0 Å². The van der Waals surface area contributed by atoms with Gasteiger partial charge in [0.05, 0.1) is 12.6 Å². The number of ether oxygens (including phenoxy) is 1. The molecule has 2 N–H and O–H groups in total. The van der Waals surface area contributed by atoms with Crippen molar-refractivity contribution in [3.05, 3.63) is 23.5 Å². The summed E-state index contributed by atoms with van der Waals surface area (Å²) in [6.07, 6.45) is 6.86. The maximum atomic E-state index is 6.32. The average Bonchev–Trinajstić information content (AvgIpc) is 2.72. The lowest BCUT2D eigenvalue weighted by atomic mass is 9.74. The first-order valence-electron chi connectivity index (χ1n) is 7.10. The second-order valence-electron chi connectivity index (χ2n) is 6.65. The Bertz CT molecular complexity index is 430. The highest BCUT2D eigenvalue weighted by Gasteiger charge is 2.33. The van der Waals surface area contributed by atoms with Gasteiger partial charge in [-0.25, -0.2) is 0 Å². The Morgan fingerprint density at radius 3 is 3.00 bits per heavy atom. The Kier molecular flexibility index (Phi) is 2.99. The minimum Gasteiger partial charge on any atom is -0.379 e. The topological polar surface area (TPSA) is 40.2 Å². The SMILES string of the molecule is CC1(C)Cc2c(ccn2C2CCCOC2)C(N)C1. The Labute approximate surface area is 109 Å². The number of fused-ring (bicyclic) bond motifs is 1. The van der Waals surface area contributed by atoms with Crippen LogP contribution in [0.1, 0.15) is 56.5 Å². The number of hydrogen-bond acceptors (Lipinski definition) is 2. The summed E-state index contributed by atoms with van der Waals surface area (Å²) in [5.41, 5.74) is 9.45. The van der Waals surface area contributed by atoms with Gasteiger partial charge >= 0.3 is 0 Å². The van der Waals surface area contributed by atoms with E-state index in [0.717, 1.165) is 26.1 Å². The average molecular weight is 248 g/mol.